The molecule has 0 saturated carbocycles. The van der Waals surface area contributed by atoms with Crippen LogP contribution < -0.4 is 11.1 Å². The van der Waals surface area contributed by atoms with Crippen LogP contribution in [0.5, 0.6) is 0 Å². The second kappa shape index (κ2) is 5.75. The number of benzene rings is 1. The van der Waals surface area contributed by atoms with Crippen molar-refractivity contribution >= 4 is 17.2 Å². The summed E-state index contributed by atoms with van der Waals surface area (Å²) < 4.78 is 0. The molecular weight excluding hydrogens is 246 g/mol. The fourth-order valence-electron chi connectivity index (χ4n) is 1.70. The topological polar surface area (TPSA) is 68.0 Å². The monoisotopic (exact) mass is 261 g/mol. The van der Waals surface area contributed by atoms with E-state index in [1.165, 1.54) is 11.3 Å². The number of nitrogens with two attached hydrogens (primary N) is 1. The Balaban J connectivity index is 2.34. The summed E-state index contributed by atoms with van der Waals surface area (Å²) in [5, 5.41) is 2.74. The van der Waals surface area contributed by atoms with E-state index in [1.54, 1.807) is 5.51 Å². The van der Waals surface area contributed by atoms with E-state index in [0.717, 1.165) is 16.0 Å². The highest BCUT2D eigenvalue weighted by atomic mass is 32.1. The van der Waals surface area contributed by atoms with Crippen molar-refractivity contribution in [2.45, 2.75) is 6.92 Å². The van der Waals surface area contributed by atoms with Crippen LogP contribution >= 0.6 is 11.3 Å². The quantitative estimate of drug-likeness (QED) is 0.882. The lowest BCUT2D eigenvalue weighted by atomic mass is 10.1. The largest absolute Gasteiger partial charge is 0.349 e. The zero-order valence-electron chi connectivity index (χ0n) is 10.1. The number of amides is 1. The van der Waals surface area contributed by atoms with Crippen molar-refractivity contribution in [2.75, 3.05) is 13.1 Å². The van der Waals surface area contributed by atoms with Gasteiger partial charge in [0.05, 0.1) is 10.4 Å². The highest BCUT2D eigenvalue weighted by molar-refractivity contribution is 7.13. The maximum Gasteiger partial charge on any atom is 0.271 e. The standard InChI is InChI=1S/C13H15N3OS/c1-9-4-2-3-5-10(9)12-11(16-8-18-12)13(17)15-7-6-14/h2-5,8H,6-7,14H2,1H3,(H,15,17). The summed E-state index contributed by atoms with van der Waals surface area (Å²) in [5.41, 5.74) is 9.73. The molecule has 3 N–H and O–H groups in total. The maximum atomic E-state index is 11.9. The Morgan fingerprint density at radius 3 is 2.94 bits per heavy atom. The Bertz CT molecular complexity index is 551. The Morgan fingerprint density at radius 2 is 2.22 bits per heavy atom. The predicted molar refractivity (Wildman–Crippen MR) is 73.7 cm³/mol. The van der Waals surface area contributed by atoms with E-state index in [9.17, 15) is 4.79 Å². The van der Waals surface area contributed by atoms with Gasteiger partial charge in [-0.05, 0) is 18.1 Å². The summed E-state index contributed by atoms with van der Waals surface area (Å²) in [6, 6.07) is 7.97. The molecule has 0 aliphatic rings. The molecule has 2 aromatic rings. The first-order valence-electron chi connectivity index (χ1n) is 5.71. The van der Waals surface area contributed by atoms with Crippen molar-refractivity contribution in [1.29, 1.82) is 0 Å². The molecule has 0 bridgehead atoms. The first kappa shape index (κ1) is 12.7. The summed E-state index contributed by atoms with van der Waals surface area (Å²) in [4.78, 5) is 17.0. The highest BCUT2D eigenvalue weighted by Crippen LogP contribution is 2.30. The number of nitrogens with zero attached hydrogens (tertiary/aromatic N) is 1. The minimum atomic E-state index is -0.167. The number of thiazole rings is 1. The van der Waals surface area contributed by atoms with Crippen molar-refractivity contribution in [2.24, 2.45) is 5.73 Å². The fourth-order valence-corrected chi connectivity index (χ4v) is 2.57. The molecule has 94 valence electrons. The lowest BCUT2D eigenvalue weighted by Crippen LogP contribution is -2.29. The van der Waals surface area contributed by atoms with Gasteiger partial charge in [0, 0.05) is 13.1 Å². The van der Waals surface area contributed by atoms with Gasteiger partial charge < -0.3 is 11.1 Å². The first-order chi connectivity index (χ1) is 8.74. The highest BCUT2D eigenvalue weighted by Gasteiger charge is 2.16. The number of carbonyl (C=O) groups is 1. The van der Waals surface area contributed by atoms with Gasteiger partial charge in [0.15, 0.2) is 0 Å². The van der Waals surface area contributed by atoms with Crippen LogP contribution in [0.15, 0.2) is 29.8 Å². The molecule has 0 radical (unpaired) electrons. The van der Waals surface area contributed by atoms with Gasteiger partial charge in [-0.15, -0.1) is 11.3 Å². The average Bonchev–Trinajstić information content (AvgIpc) is 2.85. The molecule has 18 heavy (non-hydrogen) atoms. The molecule has 1 aromatic carbocycles. The minimum absolute atomic E-state index is 0.167. The third-order valence-corrected chi connectivity index (χ3v) is 3.46. The number of hydrogen-bond acceptors (Lipinski definition) is 4. The summed E-state index contributed by atoms with van der Waals surface area (Å²) in [6.45, 7) is 2.91. The first-order valence-corrected chi connectivity index (χ1v) is 6.59. The summed E-state index contributed by atoms with van der Waals surface area (Å²) in [6.07, 6.45) is 0. The van der Waals surface area contributed by atoms with Crippen molar-refractivity contribution in [3.8, 4) is 10.4 Å². The van der Waals surface area contributed by atoms with Crippen LogP contribution in [0, 0.1) is 6.92 Å². The normalized spacial score (nSPS) is 10.3. The van der Waals surface area contributed by atoms with Crippen LogP contribution in [-0.4, -0.2) is 24.0 Å². The van der Waals surface area contributed by atoms with Crippen molar-refractivity contribution < 1.29 is 4.79 Å². The molecule has 4 nitrogen and oxygen atoms in total. The lowest BCUT2D eigenvalue weighted by Gasteiger charge is -2.06. The van der Waals surface area contributed by atoms with Gasteiger partial charge in [0.1, 0.15) is 5.69 Å². The van der Waals surface area contributed by atoms with Gasteiger partial charge in [-0.3, -0.25) is 4.79 Å². The Labute approximate surface area is 110 Å². The van der Waals surface area contributed by atoms with E-state index in [4.69, 9.17) is 5.73 Å². The van der Waals surface area contributed by atoms with Crippen molar-refractivity contribution in [1.82, 2.24) is 10.3 Å². The Morgan fingerprint density at radius 1 is 1.44 bits per heavy atom. The molecule has 1 amide bonds. The molecule has 0 aliphatic heterocycles. The van der Waals surface area contributed by atoms with Gasteiger partial charge in [-0.2, -0.15) is 0 Å². The van der Waals surface area contributed by atoms with Crippen LogP contribution in [-0.2, 0) is 0 Å². The molecule has 1 aromatic heterocycles. The van der Waals surface area contributed by atoms with Crippen LogP contribution in [0.4, 0.5) is 0 Å². The van der Waals surface area contributed by atoms with Crippen LogP contribution in [0.3, 0.4) is 0 Å². The summed E-state index contributed by atoms with van der Waals surface area (Å²) in [7, 11) is 0. The molecule has 0 atom stereocenters. The second-order valence-electron chi connectivity index (χ2n) is 3.89. The zero-order valence-corrected chi connectivity index (χ0v) is 11.0. The smallest absolute Gasteiger partial charge is 0.271 e. The number of aromatic nitrogens is 1. The number of carbonyl (C=O) groups excluding carboxylic acids is 1. The lowest BCUT2D eigenvalue weighted by molar-refractivity contribution is 0.0951. The number of hydrogen-bond donors (Lipinski definition) is 2. The van der Waals surface area contributed by atoms with E-state index in [0.29, 0.717) is 18.8 Å². The molecule has 0 fully saturated rings. The molecular formula is C13H15N3OS. The number of aryl methyl sites for hydroxylation is 1. The second-order valence-corrected chi connectivity index (χ2v) is 4.74. The molecule has 0 unspecified atom stereocenters. The van der Waals surface area contributed by atoms with Gasteiger partial charge in [0.25, 0.3) is 5.91 Å². The van der Waals surface area contributed by atoms with E-state index in [2.05, 4.69) is 10.3 Å². The van der Waals surface area contributed by atoms with Crippen LogP contribution in [0.2, 0.25) is 0 Å². The predicted octanol–water partition coefficient (Wildman–Crippen LogP) is 1.81. The third kappa shape index (κ3) is 2.57. The van der Waals surface area contributed by atoms with E-state index in [1.807, 2.05) is 31.2 Å². The van der Waals surface area contributed by atoms with Gasteiger partial charge >= 0.3 is 0 Å². The SMILES string of the molecule is Cc1ccccc1-c1scnc1C(=O)NCCN. The fraction of sp³-hybridized carbons (Fsp3) is 0.231. The molecule has 1 heterocycles. The summed E-state index contributed by atoms with van der Waals surface area (Å²) in [5.74, 6) is -0.167. The van der Waals surface area contributed by atoms with Crippen LogP contribution in [0.25, 0.3) is 10.4 Å². The average molecular weight is 261 g/mol. The van der Waals surface area contributed by atoms with Crippen molar-refractivity contribution in [3.63, 3.8) is 0 Å². The summed E-state index contributed by atoms with van der Waals surface area (Å²) >= 11 is 1.48. The van der Waals surface area contributed by atoms with Crippen molar-refractivity contribution in [3.05, 3.63) is 41.0 Å². The van der Waals surface area contributed by atoms with Gasteiger partial charge in [0.2, 0.25) is 0 Å². The third-order valence-electron chi connectivity index (χ3n) is 2.60. The van der Waals surface area contributed by atoms with E-state index < -0.39 is 0 Å². The maximum absolute atomic E-state index is 11.9. The molecule has 0 spiro atoms. The number of rotatable bonds is 4. The van der Waals surface area contributed by atoms with Gasteiger partial charge in [-0.25, -0.2) is 4.98 Å². The Hall–Kier alpha value is -1.72. The minimum Gasteiger partial charge on any atom is -0.349 e. The zero-order chi connectivity index (χ0) is 13.0. The van der Waals surface area contributed by atoms with E-state index in [-0.39, 0.29) is 5.91 Å². The van der Waals surface area contributed by atoms with E-state index >= 15 is 0 Å². The molecule has 0 saturated heterocycles. The molecule has 0 aliphatic carbocycles. The van der Waals surface area contributed by atoms with Gasteiger partial charge in [-0.1, -0.05) is 24.3 Å². The number of nitrogens with one attached hydrogen (secondary N) is 1. The Kier molecular flexibility index (Phi) is 4.07. The molecule has 5 heteroatoms. The van der Waals surface area contributed by atoms with Crippen LogP contribution in [0.1, 0.15) is 16.1 Å². The molecule has 2 rings (SSSR count).